The van der Waals surface area contributed by atoms with Crippen molar-refractivity contribution in [2.45, 2.75) is 57.7 Å². The van der Waals surface area contributed by atoms with Crippen molar-refractivity contribution in [1.29, 1.82) is 0 Å². The largest absolute Gasteiger partial charge is 0.383 e. The Morgan fingerprint density at radius 2 is 1.71 bits per heavy atom. The monoisotopic (exact) mass is 295 g/mol. The Hall–Kier alpha value is -1.76. The highest BCUT2D eigenvalue weighted by atomic mass is 16.2. The van der Waals surface area contributed by atoms with E-state index in [2.05, 4.69) is 43.3 Å². The van der Waals surface area contributed by atoms with E-state index in [1.807, 2.05) is 0 Å². The Kier molecular flexibility index (Phi) is 3.65. The van der Waals surface area contributed by atoms with E-state index in [4.69, 9.17) is 5.73 Å². The minimum Gasteiger partial charge on any atom is -0.383 e. The van der Waals surface area contributed by atoms with Crippen molar-refractivity contribution < 1.29 is 0 Å². The topological polar surface area (TPSA) is 105 Å². The van der Waals surface area contributed by atoms with E-state index in [-0.39, 0.29) is 28.6 Å². The number of hydrogen-bond acceptors (Lipinski definition) is 5. The number of aromatic nitrogens is 2. The van der Waals surface area contributed by atoms with Gasteiger partial charge in [0.25, 0.3) is 5.56 Å². The number of nitrogens with two attached hydrogens (primary N) is 1. The fraction of sp³-hybridized carbons (Fsp3) is 0.714. The van der Waals surface area contributed by atoms with Gasteiger partial charge in [0.15, 0.2) is 0 Å². The molecule has 1 saturated heterocycles. The fourth-order valence-electron chi connectivity index (χ4n) is 3.40. The molecule has 7 heteroatoms. The summed E-state index contributed by atoms with van der Waals surface area (Å²) in [5, 5.41) is 6.81. The first-order valence-corrected chi connectivity index (χ1v) is 7.15. The molecule has 21 heavy (non-hydrogen) atoms. The van der Waals surface area contributed by atoms with Crippen LogP contribution < -0.4 is 27.6 Å². The predicted octanol–water partition coefficient (Wildman–Crippen LogP) is 0.377. The third kappa shape index (κ3) is 3.29. The molecule has 0 amide bonds. The normalized spacial score (nSPS) is 21.2. The SMILES string of the molecule is Cn1c(N)c(NC2CC(C)(C)NC(C)(C)C2)c(=O)[nH]c1=O. The highest BCUT2D eigenvalue weighted by molar-refractivity contribution is 5.60. The predicted molar refractivity (Wildman–Crippen MR) is 84.7 cm³/mol. The third-order valence-electron chi connectivity index (χ3n) is 3.91. The molecular formula is C14H25N5O2. The van der Waals surface area contributed by atoms with Crippen LogP contribution in [-0.2, 0) is 7.05 Å². The molecule has 0 bridgehead atoms. The van der Waals surface area contributed by atoms with Crippen molar-refractivity contribution in [3.63, 3.8) is 0 Å². The van der Waals surface area contributed by atoms with Gasteiger partial charge in [-0.05, 0) is 40.5 Å². The maximum atomic E-state index is 12.0. The van der Waals surface area contributed by atoms with E-state index in [0.717, 1.165) is 12.8 Å². The number of rotatable bonds is 2. The van der Waals surface area contributed by atoms with Crippen LogP contribution in [0, 0.1) is 0 Å². The lowest BCUT2D eigenvalue weighted by Gasteiger charge is -2.46. The molecule has 7 nitrogen and oxygen atoms in total. The zero-order valence-electron chi connectivity index (χ0n) is 13.3. The van der Waals surface area contributed by atoms with Gasteiger partial charge in [-0.2, -0.15) is 0 Å². The lowest BCUT2D eigenvalue weighted by Crippen LogP contribution is -2.60. The Morgan fingerprint density at radius 1 is 1.19 bits per heavy atom. The van der Waals surface area contributed by atoms with Gasteiger partial charge < -0.3 is 16.4 Å². The van der Waals surface area contributed by atoms with Crippen LogP contribution in [0.5, 0.6) is 0 Å². The zero-order valence-corrected chi connectivity index (χ0v) is 13.3. The van der Waals surface area contributed by atoms with Gasteiger partial charge in [-0.1, -0.05) is 0 Å². The van der Waals surface area contributed by atoms with Crippen molar-refractivity contribution in [3.8, 4) is 0 Å². The Balaban J connectivity index is 2.33. The molecule has 2 rings (SSSR count). The quantitative estimate of drug-likeness (QED) is 0.631. The summed E-state index contributed by atoms with van der Waals surface area (Å²) in [6, 6.07) is 0.108. The molecule has 1 aliphatic heterocycles. The molecule has 1 aromatic rings. The summed E-state index contributed by atoms with van der Waals surface area (Å²) in [4.78, 5) is 25.8. The molecule has 1 fully saturated rings. The standard InChI is InChI=1S/C14H25N5O2/c1-13(2)6-8(7-14(3,4)18-13)16-9-10(15)19(5)12(21)17-11(9)20/h8,16,18H,6-7,15H2,1-5H3,(H,17,20,21). The Bertz CT molecular complexity index is 640. The van der Waals surface area contributed by atoms with Crippen molar-refractivity contribution >= 4 is 11.5 Å². The Morgan fingerprint density at radius 3 is 2.24 bits per heavy atom. The molecule has 118 valence electrons. The highest BCUT2D eigenvalue weighted by Crippen LogP contribution is 2.30. The van der Waals surface area contributed by atoms with Gasteiger partial charge in [-0.15, -0.1) is 0 Å². The molecule has 0 unspecified atom stereocenters. The number of nitrogens with one attached hydrogen (secondary N) is 3. The molecule has 1 aromatic heterocycles. The maximum absolute atomic E-state index is 12.0. The fourth-order valence-corrected chi connectivity index (χ4v) is 3.40. The number of hydrogen-bond donors (Lipinski definition) is 4. The third-order valence-corrected chi connectivity index (χ3v) is 3.91. The molecule has 0 spiro atoms. The average Bonchev–Trinajstić information content (AvgIpc) is 2.28. The van der Waals surface area contributed by atoms with Crippen LogP contribution in [0.2, 0.25) is 0 Å². The average molecular weight is 295 g/mol. The van der Waals surface area contributed by atoms with Crippen LogP contribution in [-0.4, -0.2) is 26.7 Å². The molecule has 0 atom stereocenters. The van der Waals surface area contributed by atoms with Gasteiger partial charge >= 0.3 is 5.69 Å². The van der Waals surface area contributed by atoms with Gasteiger partial charge in [-0.25, -0.2) is 4.79 Å². The van der Waals surface area contributed by atoms with Gasteiger partial charge in [0.1, 0.15) is 11.5 Å². The lowest BCUT2D eigenvalue weighted by molar-refractivity contribution is 0.170. The van der Waals surface area contributed by atoms with Crippen molar-refractivity contribution in [2.75, 3.05) is 11.1 Å². The first-order chi connectivity index (χ1) is 9.51. The van der Waals surface area contributed by atoms with Crippen molar-refractivity contribution in [3.05, 3.63) is 20.8 Å². The van der Waals surface area contributed by atoms with Crippen molar-refractivity contribution in [1.82, 2.24) is 14.9 Å². The summed E-state index contributed by atoms with van der Waals surface area (Å²) in [6.45, 7) is 8.54. The van der Waals surface area contributed by atoms with Crippen LogP contribution >= 0.6 is 0 Å². The second-order valence-electron chi connectivity index (χ2n) is 7.22. The first-order valence-electron chi connectivity index (χ1n) is 7.15. The summed E-state index contributed by atoms with van der Waals surface area (Å²) < 4.78 is 1.24. The van der Waals surface area contributed by atoms with E-state index >= 15 is 0 Å². The van der Waals surface area contributed by atoms with Crippen LogP contribution in [0.3, 0.4) is 0 Å². The van der Waals surface area contributed by atoms with E-state index in [0.29, 0.717) is 0 Å². The Labute approximate surface area is 123 Å². The van der Waals surface area contributed by atoms with E-state index in [9.17, 15) is 9.59 Å². The van der Waals surface area contributed by atoms with Gasteiger partial charge in [-0.3, -0.25) is 14.3 Å². The second-order valence-corrected chi connectivity index (χ2v) is 7.22. The number of H-pyrrole nitrogens is 1. The molecule has 0 saturated carbocycles. The minimum absolute atomic E-state index is 0.0401. The smallest absolute Gasteiger partial charge is 0.329 e. The number of aromatic amines is 1. The minimum atomic E-state index is -0.506. The van der Waals surface area contributed by atoms with Gasteiger partial charge in [0.05, 0.1) is 0 Å². The van der Waals surface area contributed by atoms with Crippen LogP contribution in [0.15, 0.2) is 9.59 Å². The summed E-state index contributed by atoms with van der Waals surface area (Å²) in [5.74, 6) is 0.165. The molecule has 5 N–H and O–H groups in total. The van der Waals surface area contributed by atoms with Crippen LogP contribution in [0.4, 0.5) is 11.5 Å². The number of anilines is 2. The lowest BCUT2D eigenvalue weighted by atomic mass is 9.79. The summed E-state index contributed by atoms with van der Waals surface area (Å²) in [7, 11) is 1.54. The number of nitrogen functional groups attached to an aromatic ring is 1. The highest BCUT2D eigenvalue weighted by Gasteiger charge is 2.38. The number of nitrogens with zero attached hydrogens (tertiary/aromatic N) is 1. The van der Waals surface area contributed by atoms with E-state index in [1.54, 1.807) is 0 Å². The first kappa shape index (κ1) is 15.6. The van der Waals surface area contributed by atoms with Crippen LogP contribution in [0.25, 0.3) is 0 Å². The molecule has 0 aliphatic carbocycles. The van der Waals surface area contributed by atoms with Crippen molar-refractivity contribution in [2.24, 2.45) is 7.05 Å². The molecular weight excluding hydrogens is 270 g/mol. The van der Waals surface area contributed by atoms with Crippen LogP contribution in [0.1, 0.15) is 40.5 Å². The van der Waals surface area contributed by atoms with E-state index < -0.39 is 11.2 Å². The maximum Gasteiger partial charge on any atom is 0.329 e. The molecule has 0 radical (unpaired) electrons. The second kappa shape index (κ2) is 4.91. The van der Waals surface area contributed by atoms with E-state index in [1.165, 1.54) is 11.6 Å². The summed E-state index contributed by atoms with van der Waals surface area (Å²) >= 11 is 0. The number of piperidine rings is 1. The summed E-state index contributed by atoms with van der Waals surface area (Å²) in [6.07, 6.45) is 1.72. The molecule has 1 aliphatic rings. The molecule has 2 heterocycles. The summed E-state index contributed by atoms with van der Waals surface area (Å²) in [5.41, 5.74) is 5.12. The molecule has 0 aromatic carbocycles. The van der Waals surface area contributed by atoms with Gasteiger partial charge in [0, 0.05) is 24.2 Å². The van der Waals surface area contributed by atoms with Gasteiger partial charge in [0.2, 0.25) is 0 Å². The zero-order chi connectivity index (χ0) is 16.0.